The van der Waals surface area contributed by atoms with Gasteiger partial charge in [0.25, 0.3) is 0 Å². The van der Waals surface area contributed by atoms with Crippen molar-refractivity contribution < 1.29 is 33.7 Å². The number of nitrogens with zero attached hydrogens (tertiary/aromatic N) is 11. The lowest BCUT2D eigenvalue weighted by molar-refractivity contribution is 0.130. The maximum absolute atomic E-state index is 13.6. The van der Waals surface area contributed by atoms with E-state index in [9.17, 15) is 54.7 Å². The van der Waals surface area contributed by atoms with Gasteiger partial charge in [-0.05, 0) is 199 Å². The number of sulfonamides is 4. The highest BCUT2D eigenvalue weighted by Crippen LogP contribution is 2.45. The molecule has 4 saturated heterocycles. The zero-order valence-corrected chi connectivity index (χ0v) is 78.4. The second-order valence-electron chi connectivity index (χ2n) is 28.9. The molecule has 4 aliphatic heterocycles. The lowest BCUT2D eigenvalue weighted by atomic mass is 10.1. The van der Waals surface area contributed by atoms with Crippen molar-refractivity contribution in [3.05, 3.63) is 208 Å². The van der Waals surface area contributed by atoms with Gasteiger partial charge in [-0.2, -0.15) is 38.3 Å². The number of nitrogens with one attached hydrogen (secondary N) is 1. The lowest BCUT2D eigenvalue weighted by Crippen LogP contribution is -2.55. The molecule has 1 aliphatic carbocycles. The molecule has 0 radical (unpaired) electrons. The van der Waals surface area contributed by atoms with Gasteiger partial charge < -0.3 is 5.32 Å². The Bertz CT molecular complexity index is 5460. The number of rotatable bonds is 21. The zero-order valence-electron chi connectivity index (χ0n) is 65.9. The summed E-state index contributed by atoms with van der Waals surface area (Å²) in [6.07, 6.45) is 7.03. The second-order valence-corrected chi connectivity index (χ2v) is 44.2. The minimum Gasteiger partial charge on any atom is -0.309 e. The topological polar surface area (TPSA) is 266 Å². The molecule has 0 bridgehead atoms. The summed E-state index contributed by atoms with van der Waals surface area (Å²) in [7, 11) is -15.1. The fourth-order valence-electron chi connectivity index (χ4n) is 14.3. The van der Waals surface area contributed by atoms with E-state index in [0.717, 1.165) is 25.9 Å². The van der Waals surface area contributed by atoms with Gasteiger partial charge in [0, 0.05) is 181 Å². The van der Waals surface area contributed by atoms with Gasteiger partial charge in [0.15, 0.2) is 0 Å². The number of hydrogen-bond acceptors (Lipinski definition) is 20. The minimum absolute atomic E-state index is 0.0381. The molecule has 1 N–H and O–H groups in total. The summed E-state index contributed by atoms with van der Waals surface area (Å²) in [5, 5.41) is 44.6. The van der Waals surface area contributed by atoms with Crippen LogP contribution in [0, 0.1) is 45.3 Å². The zero-order chi connectivity index (χ0) is 86.3. The monoisotopic (exact) mass is 1920 g/mol. The first-order valence-electron chi connectivity index (χ1n) is 38.3. The van der Waals surface area contributed by atoms with Crippen molar-refractivity contribution in [2.24, 2.45) is 0 Å². The number of hydrogen-bond donors (Lipinski definition) is 1. The highest BCUT2D eigenvalue weighted by atomic mass is 35.5. The first kappa shape index (κ1) is 96.1. The Morgan fingerprint density at radius 3 is 0.908 bits per heavy atom. The van der Waals surface area contributed by atoms with Crippen molar-refractivity contribution in [2.75, 3.05) is 91.6 Å². The lowest BCUT2D eigenvalue weighted by Gasteiger charge is -2.38. The van der Waals surface area contributed by atoms with Crippen molar-refractivity contribution in [3.8, 4) is 24.3 Å². The third kappa shape index (κ3) is 25.0. The quantitative estimate of drug-likeness (QED) is 0.0700. The molecule has 36 heteroatoms. The van der Waals surface area contributed by atoms with Crippen molar-refractivity contribution >= 4 is 180 Å². The molecule has 5 fully saturated rings. The second kappa shape index (κ2) is 43.7. The van der Waals surface area contributed by atoms with Gasteiger partial charge >= 0.3 is 0 Å². The Morgan fingerprint density at radius 1 is 0.370 bits per heavy atom. The van der Waals surface area contributed by atoms with E-state index in [0.29, 0.717) is 193 Å². The van der Waals surface area contributed by atoms with Crippen molar-refractivity contribution in [3.63, 3.8) is 0 Å². The van der Waals surface area contributed by atoms with E-state index in [1.165, 1.54) is 110 Å². The van der Waals surface area contributed by atoms with E-state index >= 15 is 0 Å². The number of halogens is 8. The molecule has 0 spiro atoms. The Kier molecular flexibility index (Phi) is 35.3. The molecule has 2 unspecified atom stereocenters. The Morgan fingerprint density at radius 2 is 0.639 bits per heavy atom. The first-order chi connectivity index (χ1) is 56.6. The van der Waals surface area contributed by atoms with E-state index in [2.05, 4.69) is 53.8 Å². The van der Waals surface area contributed by atoms with Gasteiger partial charge in [0.2, 0.25) is 40.1 Å². The van der Waals surface area contributed by atoms with Gasteiger partial charge in [-0.15, -0.1) is 0 Å². The van der Waals surface area contributed by atoms with Gasteiger partial charge in [0.1, 0.15) is 0 Å². The molecule has 2 atom stereocenters. The average molecular weight is 1920 g/mol. The number of nitriles is 4. The van der Waals surface area contributed by atoms with Gasteiger partial charge in [0.05, 0.1) is 86.2 Å². The third-order valence-corrected chi connectivity index (χ3v) is 36.0. The SMILES string of the molecule is CC(C)N1CCN(S(=O)(=O)c2cc(C#N)ccc2Sc2cc(Cl)ccc2Cl)CC1.CC1CN(S(=O)(=O)c2cc(C#N)ccc2Sc2cc(Cl)ccc2Cl)CC(C)N1.CCC(CC)N1CCN(S(=O)(=O)c2cc(C#N)ccc2Sc2cc(Cl)ccc2Cl)CC1.N#Cc1ccc(Sc2cc(Cl)ccc2Cl)c(S(=O)(=O)N2CCN(C3CCCC3)CC2)c1. The summed E-state index contributed by atoms with van der Waals surface area (Å²) in [4.78, 5) is 12.2. The van der Waals surface area contributed by atoms with Crippen LogP contribution in [0.3, 0.4) is 0 Å². The molecule has 8 aromatic carbocycles. The molecule has 20 nitrogen and oxygen atoms in total. The highest BCUT2D eigenvalue weighted by molar-refractivity contribution is 8.01. The largest absolute Gasteiger partial charge is 0.309 e. The van der Waals surface area contributed by atoms with E-state index in [1.807, 2.05) is 32.1 Å². The van der Waals surface area contributed by atoms with Crippen LogP contribution in [0.5, 0.6) is 0 Å². The van der Waals surface area contributed by atoms with Gasteiger partial charge in [-0.25, -0.2) is 33.7 Å². The fourth-order valence-corrected chi connectivity index (χ4v) is 27.8. The van der Waals surface area contributed by atoms with Gasteiger partial charge in [-0.1, -0.05) is 167 Å². The van der Waals surface area contributed by atoms with Crippen molar-refractivity contribution in [2.45, 2.75) is 169 Å². The summed E-state index contributed by atoms with van der Waals surface area (Å²) in [6.45, 7) is 20.0. The standard InChI is InChI=1S/C22H23Cl2N3O2S2.C22H25Cl2N3O2S2.C20H21Cl2N3O2S2.C19H19Cl2N3O2S2/c23-17-6-7-19(24)21(14-17)30-20-8-5-16(15-25)13-22(20)31(28,29)27-11-9-26(10-12-27)18-3-1-2-4-18;1-3-18(4-2)26-9-11-27(12-10-26)31(28,29)22-13-16(15-25)5-8-20(22)30-21-14-17(23)6-7-19(21)24;1-14(2)24-7-9-25(10-8-24)29(26,27)20-11-15(13-23)3-6-18(20)28-19-12-16(21)4-5-17(19)22;1-12-10-24(11-13(2)23-12)28(25,26)19-7-14(9-22)3-6-17(19)27-18-8-15(20)4-5-16(18)21/h5-8,13-14,18H,1-4,9-12H2;5-8,13-14,18H,3-4,9-12H2,1-2H3;3-6,11-12,14H,7-10H2,1-2H3;3-8,12-13,23H,10-11H2,1-2H3. The molecule has 1 saturated carbocycles. The smallest absolute Gasteiger partial charge is 0.244 e. The predicted molar refractivity (Wildman–Crippen MR) is 481 cm³/mol. The average Bonchev–Trinajstić information content (AvgIpc) is 0.916. The Balaban J connectivity index is 0.000000167. The maximum atomic E-state index is 13.6. The van der Waals surface area contributed by atoms with Crippen LogP contribution in [-0.4, -0.2) is 187 Å². The molecule has 8 aromatic rings. The summed E-state index contributed by atoms with van der Waals surface area (Å²) in [5.41, 5.74) is 1.20. The van der Waals surface area contributed by atoms with Crippen LogP contribution in [0.4, 0.5) is 0 Å². The van der Waals surface area contributed by atoms with Crippen LogP contribution in [0.1, 0.15) is 102 Å². The van der Waals surface area contributed by atoms with Crippen LogP contribution < -0.4 is 5.32 Å². The van der Waals surface area contributed by atoms with Gasteiger partial charge in [-0.3, -0.25) is 14.7 Å². The van der Waals surface area contributed by atoms with Crippen LogP contribution in [-0.2, 0) is 40.1 Å². The van der Waals surface area contributed by atoms with E-state index in [1.54, 1.807) is 126 Å². The summed E-state index contributed by atoms with van der Waals surface area (Å²) >= 11 is 54.4. The molecular weight excluding hydrogens is 1830 g/mol. The molecule has 0 amide bonds. The highest BCUT2D eigenvalue weighted by Gasteiger charge is 2.38. The number of piperazine rings is 4. The molecule has 0 aromatic heterocycles. The molecule has 4 heterocycles. The van der Waals surface area contributed by atoms with Crippen molar-refractivity contribution in [1.29, 1.82) is 21.0 Å². The molecule has 5 aliphatic rings. The first-order valence-corrected chi connectivity index (χ1v) is 50.3. The number of benzene rings is 8. The van der Waals surface area contributed by atoms with Crippen LogP contribution in [0.15, 0.2) is 204 Å². The fraction of sp³-hybridized carbons (Fsp3) is 0.373. The van der Waals surface area contributed by atoms with Crippen LogP contribution >= 0.6 is 140 Å². The van der Waals surface area contributed by atoms with E-state index < -0.39 is 40.1 Å². The summed E-state index contributed by atoms with van der Waals surface area (Å²) in [5.74, 6) is 0. The molecule has 119 heavy (non-hydrogen) atoms. The Labute approximate surface area is 757 Å². The minimum atomic E-state index is -3.79. The predicted octanol–water partition coefficient (Wildman–Crippen LogP) is 19.9. The summed E-state index contributed by atoms with van der Waals surface area (Å²) in [6, 6.07) is 48.7. The normalized spacial score (nSPS) is 17.8. The third-order valence-electron chi connectivity index (χ3n) is 20.6. The Hall–Kier alpha value is -5.08. The molecular formula is C83H88Cl8N12O8S8. The van der Waals surface area contributed by atoms with Crippen molar-refractivity contribution in [1.82, 2.24) is 37.2 Å². The van der Waals surface area contributed by atoms with E-state index in [4.69, 9.17) is 92.8 Å². The van der Waals surface area contributed by atoms with E-state index in [-0.39, 0.29) is 37.2 Å². The van der Waals surface area contributed by atoms with Crippen LogP contribution in [0.2, 0.25) is 40.2 Å². The summed E-state index contributed by atoms with van der Waals surface area (Å²) < 4.78 is 114. The molecule has 13 rings (SSSR count). The maximum Gasteiger partial charge on any atom is 0.244 e. The molecule has 632 valence electrons. The van der Waals surface area contributed by atoms with Crippen LogP contribution in [0.25, 0.3) is 0 Å².